The maximum absolute atomic E-state index is 11.1. The van der Waals surface area contributed by atoms with Crippen LogP contribution in [0.3, 0.4) is 0 Å². The van der Waals surface area contributed by atoms with Gasteiger partial charge in [-0.25, -0.2) is 0 Å². The van der Waals surface area contributed by atoms with Gasteiger partial charge in [-0.2, -0.15) is 0 Å². The molecule has 0 fully saturated rings. The van der Waals surface area contributed by atoms with Gasteiger partial charge in [-0.1, -0.05) is 0 Å². The van der Waals surface area contributed by atoms with Crippen molar-refractivity contribution in [2.75, 3.05) is 0 Å². The van der Waals surface area contributed by atoms with Crippen molar-refractivity contribution < 1.29 is 0 Å². The van der Waals surface area contributed by atoms with Gasteiger partial charge in [0.05, 0.1) is 23.1 Å². The van der Waals surface area contributed by atoms with Gasteiger partial charge in [-0.15, -0.1) is 0 Å². The molecule has 2 aromatic heterocycles. The lowest BCUT2D eigenvalue weighted by Gasteiger charge is -2.01. The molecule has 66 valence electrons. The van der Waals surface area contributed by atoms with E-state index in [0.29, 0.717) is 0 Å². The number of fused-ring (bicyclic) bond motifs is 3. The van der Waals surface area contributed by atoms with Gasteiger partial charge in [0, 0.05) is 6.07 Å². The Morgan fingerprint density at radius 3 is 3.31 bits per heavy atom. The first-order chi connectivity index (χ1) is 6.34. The van der Waals surface area contributed by atoms with E-state index in [9.17, 15) is 4.79 Å². The van der Waals surface area contributed by atoms with Gasteiger partial charge < -0.3 is 0 Å². The summed E-state index contributed by atoms with van der Waals surface area (Å²) >= 11 is 0. The molecule has 13 heavy (non-hydrogen) atoms. The summed E-state index contributed by atoms with van der Waals surface area (Å²) in [5, 5.41) is 2.78. The lowest BCUT2D eigenvalue weighted by Crippen LogP contribution is -2.03. The van der Waals surface area contributed by atoms with Crippen LogP contribution in [0, 0.1) is 0 Å². The van der Waals surface area contributed by atoms with Crippen LogP contribution in [0.15, 0.2) is 17.1 Å². The first kappa shape index (κ1) is 6.88. The second-order valence-corrected chi connectivity index (χ2v) is 3.39. The van der Waals surface area contributed by atoms with Crippen molar-refractivity contribution in [3.05, 3.63) is 34.0 Å². The van der Waals surface area contributed by atoms with Gasteiger partial charge in [0.15, 0.2) is 0 Å². The van der Waals surface area contributed by atoms with Crippen molar-refractivity contribution in [2.45, 2.75) is 19.3 Å². The first-order valence-corrected chi connectivity index (χ1v) is 4.43. The maximum Gasteiger partial charge on any atom is 0.265 e. The van der Waals surface area contributed by atoms with Crippen LogP contribution in [-0.4, -0.2) is 14.6 Å². The molecule has 0 radical (unpaired) electrons. The Morgan fingerprint density at radius 1 is 1.46 bits per heavy atom. The van der Waals surface area contributed by atoms with Crippen LogP contribution in [0.5, 0.6) is 0 Å². The largest absolute Gasteiger partial charge is 0.268 e. The van der Waals surface area contributed by atoms with Gasteiger partial charge in [-0.3, -0.25) is 19.4 Å². The smallest absolute Gasteiger partial charge is 0.265 e. The number of hydrogen-bond acceptors (Lipinski definition) is 2. The average Bonchev–Trinajstić information content (AvgIpc) is 2.65. The zero-order valence-corrected chi connectivity index (χ0v) is 7.08. The summed E-state index contributed by atoms with van der Waals surface area (Å²) in [7, 11) is 0. The number of nitrogens with one attached hydrogen (secondary N) is 1. The predicted octanol–water partition coefficient (Wildman–Crippen LogP) is 0.511. The summed E-state index contributed by atoms with van der Waals surface area (Å²) in [5.41, 5.74) is 3.10. The quantitative estimate of drug-likeness (QED) is 0.634. The molecule has 2 aromatic rings. The van der Waals surface area contributed by atoms with Crippen LogP contribution in [0.2, 0.25) is 0 Å². The first-order valence-electron chi connectivity index (χ1n) is 4.43. The molecule has 0 aromatic carbocycles. The lowest BCUT2D eigenvalue weighted by atomic mass is 10.3. The normalized spacial score (nSPS) is 15.1. The Labute approximate surface area is 74.2 Å². The van der Waals surface area contributed by atoms with Gasteiger partial charge >= 0.3 is 0 Å². The monoisotopic (exact) mass is 175 g/mol. The topological polar surface area (TPSA) is 50.2 Å². The molecule has 1 N–H and O–H groups in total. The van der Waals surface area contributed by atoms with Crippen LogP contribution in [-0.2, 0) is 12.8 Å². The molecular formula is C9H9N3O. The van der Waals surface area contributed by atoms with E-state index in [1.165, 1.54) is 5.69 Å². The molecule has 4 heteroatoms. The fourth-order valence-electron chi connectivity index (χ4n) is 1.96. The van der Waals surface area contributed by atoms with Crippen LogP contribution in [0.1, 0.15) is 17.8 Å². The fourth-order valence-corrected chi connectivity index (χ4v) is 1.96. The summed E-state index contributed by atoms with van der Waals surface area (Å²) in [5.74, 6) is 0. The van der Waals surface area contributed by atoms with E-state index >= 15 is 0 Å². The molecule has 1 aliphatic rings. The van der Waals surface area contributed by atoms with Crippen LogP contribution >= 0.6 is 0 Å². The van der Waals surface area contributed by atoms with Crippen LogP contribution in [0.4, 0.5) is 0 Å². The third-order valence-electron chi connectivity index (χ3n) is 2.54. The maximum atomic E-state index is 11.1. The second-order valence-electron chi connectivity index (χ2n) is 3.39. The predicted molar refractivity (Wildman–Crippen MR) is 47.8 cm³/mol. The number of hydrogen-bond donors (Lipinski definition) is 1. The summed E-state index contributed by atoms with van der Waals surface area (Å²) in [4.78, 5) is 15.4. The van der Waals surface area contributed by atoms with E-state index in [1.807, 2.05) is 4.52 Å². The number of aryl methyl sites for hydroxylation is 2. The number of aromatic amines is 1. The minimum absolute atomic E-state index is 0.0536. The second kappa shape index (κ2) is 2.22. The highest BCUT2D eigenvalue weighted by Crippen LogP contribution is 2.19. The molecule has 0 atom stereocenters. The van der Waals surface area contributed by atoms with E-state index in [2.05, 4.69) is 10.1 Å². The SMILES string of the molecule is O=c1cc2cnc3c(n2[nH]1)CCC3. The summed E-state index contributed by atoms with van der Waals surface area (Å²) in [6.45, 7) is 0. The highest BCUT2D eigenvalue weighted by atomic mass is 16.1. The van der Waals surface area contributed by atoms with Crippen molar-refractivity contribution in [3.8, 4) is 0 Å². The van der Waals surface area contributed by atoms with E-state index in [-0.39, 0.29) is 5.56 Å². The van der Waals surface area contributed by atoms with Gasteiger partial charge in [0.1, 0.15) is 0 Å². The molecular weight excluding hydrogens is 166 g/mol. The Morgan fingerprint density at radius 2 is 2.38 bits per heavy atom. The molecule has 0 spiro atoms. The van der Waals surface area contributed by atoms with Crippen molar-refractivity contribution >= 4 is 5.52 Å². The van der Waals surface area contributed by atoms with E-state index in [4.69, 9.17) is 0 Å². The molecule has 0 bridgehead atoms. The highest BCUT2D eigenvalue weighted by molar-refractivity contribution is 5.45. The molecule has 0 aliphatic heterocycles. The zero-order valence-electron chi connectivity index (χ0n) is 7.08. The summed E-state index contributed by atoms with van der Waals surface area (Å²) < 4.78 is 1.86. The standard InChI is InChI=1S/C9H9N3O/c13-9-4-6-5-10-7-2-1-3-8(7)12(6)11-9/h4-5H,1-3H2,(H,11,13). The molecule has 4 nitrogen and oxygen atoms in total. The van der Waals surface area contributed by atoms with E-state index < -0.39 is 0 Å². The Balaban J connectivity index is 2.49. The number of aromatic nitrogens is 3. The molecule has 1 aliphatic carbocycles. The fraction of sp³-hybridized carbons (Fsp3) is 0.333. The third-order valence-corrected chi connectivity index (χ3v) is 2.54. The van der Waals surface area contributed by atoms with E-state index in [0.717, 1.165) is 30.5 Å². The average molecular weight is 175 g/mol. The van der Waals surface area contributed by atoms with Gasteiger partial charge in [-0.05, 0) is 19.3 Å². The molecule has 0 amide bonds. The summed E-state index contributed by atoms with van der Waals surface area (Å²) in [6.07, 6.45) is 4.94. The highest BCUT2D eigenvalue weighted by Gasteiger charge is 2.15. The van der Waals surface area contributed by atoms with E-state index in [1.54, 1.807) is 12.3 Å². The zero-order chi connectivity index (χ0) is 8.84. The van der Waals surface area contributed by atoms with Crippen molar-refractivity contribution in [1.29, 1.82) is 0 Å². The molecule has 0 unspecified atom stereocenters. The number of nitrogens with zero attached hydrogens (tertiary/aromatic N) is 2. The summed E-state index contributed by atoms with van der Waals surface area (Å²) in [6, 6.07) is 1.58. The molecule has 2 heterocycles. The van der Waals surface area contributed by atoms with Crippen molar-refractivity contribution in [2.24, 2.45) is 0 Å². The lowest BCUT2D eigenvalue weighted by molar-refractivity contribution is 0.833. The molecule has 0 saturated carbocycles. The van der Waals surface area contributed by atoms with Crippen LogP contribution < -0.4 is 5.56 Å². The van der Waals surface area contributed by atoms with Gasteiger partial charge in [0.2, 0.25) is 0 Å². The van der Waals surface area contributed by atoms with Crippen molar-refractivity contribution in [3.63, 3.8) is 0 Å². The minimum atomic E-state index is -0.0536. The molecule has 0 saturated heterocycles. The van der Waals surface area contributed by atoms with Crippen LogP contribution in [0.25, 0.3) is 5.52 Å². The Hall–Kier alpha value is -1.58. The number of H-pyrrole nitrogens is 1. The van der Waals surface area contributed by atoms with Gasteiger partial charge in [0.25, 0.3) is 5.56 Å². The Bertz CT molecular complexity index is 523. The number of rotatable bonds is 0. The third kappa shape index (κ3) is 0.854. The van der Waals surface area contributed by atoms with Crippen molar-refractivity contribution in [1.82, 2.24) is 14.6 Å². The molecule has 3 rings (SSSR count). The minimum Gasteiger partial charge on any atom is -0.268 e. The Kier molecular flexibility index (Phi) is 1.17.